The predicted octanol–water partition coefficient (Wildman–Crippen LogP) is 0.309. The lowest BCUT2D eigenvalue weighted by molar-refractivity contribution is -0.136. The van der Waals surface area contributed by atoms with Crippen molar-refractivity contribution >= 4 is 15.9 Å². The summed E-state index contributed by atoms with van der Waals surface area (Å²) in [6, 6.07) is 6.50. The zero-order valence-corrected chi connectivity index (χ0v) is 14.9. The van der Waals surface area contributed by atoms with Gasteiger partial charge in [0, 0.05) is 40.4 Å². The van der Waals surface area contributed by atoms with Gasteiger partial charge in [-0.05, 0) is 30.5 Å². The van der Waals surface area contributed by atoms with Crippen LogP contribution in [0.25, 0.3) is 0 Å². The molecule has 1 heterocycles. The summed E-state index contributed by atoms with van der Waals surface area (Å²) in [6.45, 7) is 1.72. The lowest BCUT2D eigenvalue weighted by Crippen LogP contribution is -2.48. The van der Waals surface area contributed by atoms with Gasteiger partial charge in [0.15, 0.2) is 0 Å². The lowest BCUT2D eigenvalue weighted by Gasteiger charge is -2.34. The van der Waals surface area contributed by atoms with Crippen molar-refractivity contribution in [2.75, 3.05) is 33.9 Å². The number of nitrogens with one attached hydrogen (secondary N) is 1. The molecule has 0 aliphatic carbocycles. The SMILES string of the molecule is CN(C)S(=O)(=O)c1ccc(CNC(=O)C2(CN)CCOCC2)cc1. The maximum absolute atomic E-state index is 12.5. The molecule has 1 aromatic rings. The second kappa shape index (κ2) is 7.60. The van der Waals surface area contributed by atoms with Gasteiger partial charge in [0.2, 0.25) is 15.9 Å². The van der Waals surface area contributed by atoms with Crippen molar-refractivity contribution in [3.63, 3.8) is 0 Å². The second-order valence-electron chi connectivity index (χ2n) is 6.21. The smallest absolute Gasteiger partial charge is 0.242 e. The van der Waals surface area contributed by atoms with Gasteiger partial charge in [-0.3, -0.25) is 4.79 Å². The van der Waals surface area contributed by atoms with Gasteiger partial charge in [0.25, 0.3) is 0 Å². The van der Waals surface area contributed by atoms with Crippen molar-refractivity contribution in [3.05, 3.63) is 29.8 Å². The number of sulfonamides is 1. The number of rotatable bonds is 6. The fourth-order valence-electron chi connectivity index (χ4n) is 2.65. The van der Waals surface area contributed by atoms with Crippen LogP contribution in [0, 0.1) is 5.41 Å². The molecule has 2 rings (SSSR count). The third-order valence-electron chi connectivity index (χ3n) is 4.48. The van der Waals surface area contributed by atoms with Crippen LogP contribution < -0.4 is 11.1 Å². The van der Waals surface area contributed by atoms with E-state index < -0.39 is 15.4 Å². The zero-order chi connectivity index (χ0) is 17.8. The molecule has 0 aromatic heterocycles. The Morgan fingerprint density at radius 3 is 2.33 bits per heavy atom. The van der Waals surface area contributed by atoms with Gasteiger partial charge in [-0.25, -0.2) is 12.7 Å². The molecule has 1 saturated heterocycles. The molecular formula is C16H25N3O4S. The summed E-state index contributed by atoms with van der Waals surface area (Å²) in [7, 11) is -0.461. The van der Waals surface area contributed by atoms with E-state index in [4.69, 9.17) is 10.5 Å². The summed E-state index contributed by atoms with van der Waals surface area (Å²) in [4.78, 5) is 12.7. The first-order valence-electron chi connectivity index (χ1n) is 7.89. The number of ether oxygens (including phenoxy) is 1. The average Bonchev–Trinajstić information content (AvgIpc) is 2.60. The third kappa shape index (κ3) is 3.94. The van der Waals surface area contributed by atoms with Gasteiger partial charge in [-0.2, -0.15) is 0 Å². The summed E-state index contributed by atoms with van der Waals surface area (Å²) in [5.74, 6) is -0.0710. The molecule has 1 aliphatic rings. The number of hydrogen-bond acceptors (Lipinski definition) is 5. The van der Waals surface area contributed by atoms with Crippen LogP contribution in [0.2, 0.25) is 0 Å². The summed E-state index contributed by atoms with van der Waals surface area (Å²) in [5.41, 5.74) is 6.09. The highest BCUT2D eigenvalue weighted by molar-refractivity contribution is 7.89. The molecule has 24 heavy (non-hydrogen) atoms. The Morgan fingerprint density at radius 1 is 1.25 bits per heavy atom. The minimum atomic E-state index is -3.44. The highest BCUT2D eigenvalue weighted by Gasteiger charge is 2.38. The molecule has 0 bridgehead atoms. The molecule has 134 valence electrons. The first-order valence-corrected chi connectivity index (χ1v) is 9.33. The van der Waals surface area contributed by atoms with Gasteiger partial charge in [0.05, 0.1) is 10.3 Å². The highest BCUT2D eigenvalue weighted by Crippen LogP contribution is 2.29. The van der Waals surface area contributed by atoms with Crippen LogP contribution in [0.15, 0.2) is 29.2 Å². The molecule has 1 aliphatic heterocycles. The van der Waals surface area contributed by atoms with Crippen molar-refractivity contribution in [2.45, 2.75) is 24.3 Å². The van der Waals surface area contributed by atoms with E-state index >= 15 is 0 Å². The molecule has 1 aromatic carbocycles. The molecule has 0 radical (unpaired) electrons. The molecule has 0 saturated carbocycles. The maximum Gasteiger partial charge on any atom is 0.242 e. The Morgan fingerprint density at radius 2 is 1.83 bits per heavy atom. The van der Waals surface area contributed by atoms with Crippen LogP contribution in [0.3, 0.4) is 0 Å². The Labute approximate surface area is 143 Å². The summed E-state index contributed by atoms with van der Waals surface area (Å²) in [6.07, 6.45) is 1.24. The van der Waals surface area contributed by atoms with E-state index in [0.29, 0.717) is 39.1 Å². The zero-order valence-electron chi connectivity index (χ0n) is 14.1. The lowest BCUT2D eigenvalue weighted by atomic mass is 9.79. The molecule has 0 spiro atoms. The Kier molecular flexibility index (Phi) is 5.97. The van der Waals surface area contributed by atoms with Gasteiger partial charge in [-0.1, -0.05) is 12.1 Å². The van der Waals surface area contributed by atoms with Crippen LogP contribution in [0.5, 0.6) is 0 Å². The van der Waals surface area contributed by atoms with Crippen LogP contribution in [-0.4, -0.2) is 52.5 Å². The number of carbonyl (C=O) groups is 1. The standard InChI is InChI=1S/C16H25N3O4S/c1-19(2)24(21,22)14-5-3-13(4-6-14)11-18-15(20)16(12-17)7-9-23-10-8-16/h3-6H,7-12,17H2,1-2H3,(H,18,20). The van der Waals surface area contributed by atoms with Crippen LogP contribution in [0.1, 0.15) is 18.4 Å². The third-order valence-corrected chi connectivity index (χ3v) is 6.31. The van der Waals surface area contributed by atoms with Crippen LogP contribution >= 0.6 is 0 Å². The maximum atomic E-state index is 12.5. The Balaban J connectivity index is 2.01. The summed E-state index contributed by atoms with van der Waals surface area (Å²) >= 11 is 0. The van der Waals surface area contributed by atoms with E-state index in [0.717, 1.165) is 5.56 Å². The fraction of sp³-hybridized carbons (Fsp3) is 0.562. The molecule has 1 amide bonds. The van der Waals surface area contributed by atoms with E-state index in [1.807, 2.05) is 0 Å². The highest BCUT2D eigenvalue weighted by atomic mass is 32.2. The number of benzene rings is 1. The largest absolute Gasteiger partial charge is 0.381 e. The minimum absolute atomic E-state index is 0.0710. The van der Waals surface area contributed by atoms with Crippen molar-refractivity contribution in [1.29, 1.82) is 0 Å². The first kappa shape index (κ1) is 18.9. The van der Waals surface area contributed by atoms with E-state index in [1.54, 1.807) is 24.3 Å². The fourth-order valence-corrected chi connectivity index (χ4v) is 3.55. The summed E-state index contributed by atoms with van der Waals surface area (Å²) < 4.78 is 30.5. The van der Waals surface area contributed by atoms with Crippen molar-refractivity contribution < 1.29 is 17.9 Å². The van der Waals surface area contributed by atoms with Crippen LogP contribution in [0.4, 0.5) is 0 Å². The second-order valence-corrected chi connectivity index (χ2v) is 8.36. The van der Waals surface area contributed by atoms with Crippen molar-refractivity contribution in [2.24, 2.45) is 11.1 Å². The van der Waals surface area contributed by atoms with E-state index in [1.165, 1.54) is 18.4 Å². The number of carbonyl (C=O) groups excluding carboxylic acids is 1. The summed E-state index contributed by atoms with van der Waals surface area (Å²) in [5, 5.41) is 2.91. The van der Waals surface area contributed by atoms with Gasteiger partial charge in [-0.15, -0.1) is 0 Å². The van der Waals surface area contributed by atoms with E-state index in [9.17, 15) is 13.2 Å². The molecule has 7 nitrogen and oxygen atoms in total. The van der Waals surface area contributed by atoms with E-state index in [-0.39, 0.29) is 10.8 Å². The van der Waals surface area contributed by atoms with Crippen molar-refractivity contribution in [1.82, 2.24) is 9.62 Å². The van der Waals surface area contributed by atoms with Crippen LogP contribution in [-0.2, 0) is 26.1 Å². The predicted molar refractivity (Wildman–Crippen MR) is 90.7 cm³/mol. The normalized spacial score (nSPS) is 17.7. The van der Waals surface area contributed by atoms with Crippen molar-refractivity contribution in [3.8, 4) is 0 Å². The molecular weight excluding hydrogens is 330 g/mol. The quantitative estimate of drug-likeness (QED) is 0.765. The molecule has 8 heteroatoms. The number of amides is 1. The monoisotopic (exact) mass is 355 g/mol. The molecule has 3 N–H and O–H groups in total. The van der Waals surface area contributed by atoms with E-state index in [2.05, 4.69) is 5.32 Å². The molecule has 0 atom stereocenters. The van der Waals surface area contributed by atoms with Gasteiger partial charge < -0.3 is 15.8 Å². The number of nitrogens with two attached hydrogens (primary N) is 1. The van der Waals surface area contributed by atoms with Gasteiger partial charge in [0.1, 0.15) is 0 Å². The topological polar surface area (TPSA) is 102 Å². The minimum Gasteiger partial charge on any atom is -0.381 e. The molecule has 1 fully saturated rings. The first-order chi connectivity index (χ1) is 11.3. The van der Waals surface area contributed by atoms with Gasteiger partial charge >= 0.3 is 0 Å². The Bertz CT molecular complexity index is 665. The number of hydrogen-bond donors (Lipinski definition) is 2. The average molecular weight is 355 g/mol. The number of nitrogens with zero attached hydrogens (tertiary/aromatic N) is 1. The Hall–Kier alpha value is -1.48. The molecule has 0 unspecified atom stereocenters.